The number of allylic oxidation sites excluding steroid dienone is 4. The van der Waals surface area contributed by atoms with Crippen LogP contribution in [-0.2, 0) is 0 Å². The van der Waals surface area contributed by atoms with E-state index in [0.717, 1.165) is 19.3 Å². The van der Waals surface area contributed by atoms with Crippen molar-refractivity contribution in [2.75, 3.05) is 14.1 Å². The lowest BCUT2D eigenvalue weighted by molar-refractivity contribution is 0.507. The molecular formula is C14H23N. The van der Waals surface area contributed by atoms with E-state index in [0.29, 0.717) is 5.92 Å². The van der Waals surface area contributed by atoms with Gasteiger partial charge in [-0.25, -0.2) is 0 Å². The molecule has 0 heterocycles. The van der Waals surface area contributed by atoms with Crippen LogP contribution in [0.25, 0.3) is 0 Å². The van der Waals surface area contributed by atoms with Gasteiger partial charge in [0.1, 0.15) is 0 Å². The minimum Gasteiger partial charge on any atom is -0.381 e. The fraction of sp³-hybridized carbons (Fsp3) is 0.571. The van der Waals surface area contributed by atoms with E-state index in [-0.39, 0.29) is 0 Å². The Labute approximate surface area is 94.9 Å². The van der Waals surface area contributed by atoms with Crippen molar-refractivity contribution in [2.24, 2.45) is 5.92 Å². The summed E-state index contributed by atoms with van der Waals surface area (Å²) in [5, 5.41) is 0. The Bertz CT molecular complexity index is 253. The normalized spacial score (nSPS) is 13.9. The summed E-state index contributed by atoms with van der Waals surface area (Å²) < 4.78 is 0. The smallest absolute Gasteiger partial charge is 0.0269 e. The van der Waals surface area contributed by atoms with E-state index in [9.17, 15) is 0 Å². The van der Waals surface area contributed by atoms with Crippen molar-refractivity contribution in [3.05, 3.63) is 23.9 Å². The van der Waals surface area contributed by atoms with Gasteiger partial charge < -0.3 is 4.90 Å². The largest absolute Gasteiger partial charge is 0.381 e. The zero-order chi connectivity index (χ0) is 11.7. The van der Waals surface area contributed by atoms with Gasteiger partial charge in [-0.2, -0.15) is 0 Å². The summed E-state index contributed by atoms with van der Waals surface area (Å²) in [6.07, 6.45) is 15.1. The average molecular weight is 205 g/mol. The average Bonchev–Trinajstić information content (AvgIpc) is 2.22. The molecule has 0 aliphatic heterocycles. The van der Waals surface area contributed by atoms with Crippen molar-refractivity contribution in [3.8, 4) is 12.3 Å². The zero-order valence-electron chi connectivity index (χ0n) is 10.5. The van der Waals surface area contributed by atoms with Crippen LogP contribution in [0.1, 0.15) is 33.1 Å². The Hall–Kier alpha value is -1.16. The second-order valence-corrected chi connectivity index (χ2v) is 3.95. The van der Waals surface area contributed by atoms with Crippen molar-refractivity contribution in [1.29, 1.82) is 0 Å². The number of rotatable bonds is 6. The van der Waals surface area contributed by atoms with Gasteiger partial charge in [-0.15, -0.1) is 12.3 Å². The van der Waals surface area contributed by atoms with Gasteiger partial charge in [0, 0.05) is 25.7 Å². The molecule has 1 atom stereocenters. The third kappa shape index (κ3) is 6.85. The summed E-state index contributed by atoms with van der Waals surface area (Å²) in [6.45, 7) is 4.24. The Balaban J connectivity index is 4.07. The maximum Gasteiger partial charge on any atom is 0.0269 e. The Kier molecular flexibility index (Phi) is 7.54. The molecule has 0 radical (unpaired) electrons. The topological polar surface area (TPSA) is 3.24 Å². The fourth-order valence-corrected chi connectivity index (χ4v) is 1.15. The molecule has 0 aliphatic rings. The van der Waals surface area contributed by atoms with Gasteiger partial charge in [-0.3, -0.25) is 0 Å². The lowest BCUT2D eigenvalue weighted by Crippen LogP contribution is -2.08. The van der Waals surface area contributed by atoms with E-state index in [4.69, 9.17) is 6.42 Å². The first-order chi connectivity index (χ1) is 7.11. The lowest BCUT2D eigenvalue weighted by Gasteiger charge is -2.13. The Morgan fingerprint density at radius 2 is 2.00 bits per heavy atom. The molecule has 0 aliphatic carbocycles. The second kappa shape index (κ2) is 8.17. The molecule has 0 rings (SSSR count). The monoisotopic (exact) mass is 205 g/mol. The van der Waals surface area contributed by atoms with Crippen molar-refractivity contribution in [2.45, 2.75) is 33.1 Å². The molecule has 0 spiro atoms. The highest BCUT2D eigenvalue weighted by molar-refractivity contribution is 5.04. The molecule has 0 bridgehead atoms. The van der Waals surface area contributed by atoms with Crippen molar-refractivity contribution in [3.63, 3.8) is 0 Å². The molecule has 0 aromatic rings. The van der Waals surface area contributed by atoms with Gasteiger partial charge in [-0.05, 0) is 26.2 Å². The van der Waals surface area contributed by atoms with Crippen LogP contribution in [0, 0.1) is 18.3 Å². The fourth-order valence-electron chi connectivity index (χ4n) is 1.15. The van der Waals surface area contributed by atoms with Crippen molar-refractivity contribution >= 4 is 0 Å². The first kappa shape index (κ1) is 13.8. The molecule has 0 fully saturated rings. The van der Waals surface area contributed by atoms with E-state index in [1.165, 1.54) is 5.70 Å². The molecule has 0 N–H and O–H groups in total. The van der Waals surface area contributed by atoms with Gasteiger partial charge in [0.05, 0.1) is 0 Å². The van der Waals surface area contributed by atoms with E-state index >= 15 is 0 Å². The van der Waals surface area contributed by atoms with Gasteiger partial charge >= 0.3 is 0 Å². The van der Waals surface area contributed by atoms with Crippen LogP contribution < -0.4 is 0 Å². The predicted octanol–water partition coefficient (Wildman–Crippen LogP) is 3.45. The number of terminal acetylenes is 1. The third-order valence-corrected chi connectivity index (χ3v) is 2.46. The maximum absolute atomic E-state index is 5.49. The van der Waals surface area contributed by atoms with E-state index in [1.54, 1.807) is 0 Å². The maximum atomic E-state index is 5.49. The van der Waals surface area contributed by atoms with Gasteiger partial charge in [0.25, 0.3) is 0 Å². The van der Waals surface area contributed by atoms with Crippen molar-refractivity contribution < 1.29 is 0 Å². The SMILES string of the molecule is C#CC(C/C=C\CC)C/C=C(/C)N(C)C. The molecule has 1 unspecified atom stereocenters. The lowest BCUT2D eigenvalue weighted by atomic mass is 10.0. The van der Waals surface area contributed by atoms with Crippen LogP contribution in [0.4, 0.5) is 0 Å². The quantitative estimate of drug-likeness (QED) is 0.474. The minimum absolute atomic E-state index is 0.336. The Morgan fingerprint density at radius 1 is 1.33 bits per heavy atom. The van der Waals surface area contributed by atoms with E-state index < -0.39 is 0 Å². The third-order valence-electron chi connectivity index (χ3n) is 2.46. The molecule has 0 amide bonds. The van der Waals surface area contributed by atoms with E-state index in [2.05, 4.69) is 42.9 Å². The van der Waals surface area contributed by atoms with Crippen LogP contribution in [0.3, 0.4) is 0 Å². The van der Waals surface area contributed by atoms with Crippen LogP contribution in [0.2, 0.25) is 0 Å². The zero-order valence-corrected chi connectivity index (χ0v) is 10.5. The highest BCUT2D eigenvalue weighted by Crippen LogP contribution is 2.11. The summed E-state index contributed by atoms with van der Waals surface area (Å²) in [5.74, 6) is 3.18. The summed E-state index contributed by atoms with van der Waals surface area (Å²) in [6, 6.07) is 0. The highest BCUT2D eigenvalue weighted by Gasteiger charge is 2.01. The second-order valence-electron chi connectivity index (χ2n) is 3.95. The number of nitrogens with zero attached hydrogens (tertiary/aromatic N) is 1. The van der Waals surface area contributed by atoms with Crippen LogP contribution in [0.5, 0.6) is 0 Å². The standard InChI is InChI=1S/C14H23N/c1-6-8-9-10-14(7-2)12-11-13(3)15(4)5/h2,8-9,11,14H,6,10,12H2,1,3-5H3/b9-8-,13-11-. The molecule has 0 saturated heterocycles. The summed E-state index contributed by atoms with van der Waals surface area (Å²) >= 11 is 0. The Morgan fingerprint density at radius 3 is 2.47 bits per heavy atom. The molecule has 0 saturated carbocycles. The van der Waals surface area contributed by atoms with Crippen LogP contribution >= 0.6 is 0 Å². The minimum atomic E-state index is 0.336. The molecule has 0 aromatic carbocycles. The van der Waals surface area contributed by atoms with Crippen LogP contribution in [0.15, 0.2) is 23.9 Å². The van der Waals surface area contributed by atoms with Gasteiger partial charge in [0.2, 0.25) is 0 Å². The molecule has 1 heteroatoms. The van der Waals surface area contributed by atoms with Crippen LogP contribution in [-0.4, -0.2) is 19.0 Å². The highest BCUT2D eigenvalue weighted by atomic mass is 15.1. The first-order valence-electron chi connectivity index (χ1n) is 5.57. The molecular weight excluding hydrogens is 182 g/mol. The summed E-state index contributed by atoms with van der Waals surface area (Å²) in [7, 11) is 4.10. The molecule has 15 heavy (non-hydrogen) atoms. The van der Waals surface area contributed by atoms with Gasteiger partial charge in [0.15, 0.2) is 0 Å². The number of hydrogen-bond donors (Lipinski definition) is 0. The van der Waals surface area contributed by atoms with Gasteiger partial charge in [-0.1, -0.05) is 25.2 Å². The summed E-state index contributed by atoms with van der Waals surface area (Å²) in [5.41, 5.74) is 1.27. The molecule has 1 nitrogen and oxygen atoms in total. The molecule has 0 aromatic heterocycles. The predicted molar refractivity (Wildman–Crippen MR) is 68.4 cm³/mol. The first-order valence-corrected chi connectivity index (χ1v) is 5.57. The summed E-state index contributed by atoms with van der Waals surface area (Å²) in [4.78, 5) is 2.11. The van der Waals surface area contributed by atoms with E-state index in [1.807, 2.05) is 14.1 Å². The van der Waals surface area contributed by atoms with Crippen molar-refractivity contribution in [1.82, 2.24) is 4.90 Å². The molecule has 84 valence electrons. The number of hydrogen-bond acceptors (Lipinski definition) is 1.